The average molecular weight is 237 g/mol. The maximum Gasteiger partial charge on any atom is 0.237 e. The molecule has 1 saturated carbocycles. The summed E-state index contributed by atoms with van der Waals surface area (Å²) in [6.07, 6.45) is 1.61. The van der Waals surface area contributed by atoms with Crippen LogP contribution in [0.25, 0.3) is 0 Å². The summed E-state index contributed by atoms with van der Waals surface area (Å²) >= 11 is 0. The predicted molar refractivity (Wildman–Crippen MR) is 58.9 cm³/mol. The topological polar surface area (TPSA) is 41.1 Å². The average Bonchev–Trinajstić information content (AvgIpc) is 2.49. The molecule has 2 aliphatic rings. The van der Waals surface area contributed by atoms with Crippen LogP contribution in [-0.2, 0) is 4.79 Å². The van der Waals surface area contributed by atoms with Crippen molar-refractivity contribution in [2.45, 2.75) is 44.4 Å². The fourth-order valence-electron chi connectivity index (χ4n) is 2.21. The molecule has 0 spiro atoms. The number of hydrogen-bond acceptors (Lipinski definition) is 2. The fraction of sp³-hybridized carbons (Fsp3) is 0.900. The molecule has 1 heterocycles. The van der Waals surface area contributed by atoms with Gasteiger partial charge < -0.3 is 10.6 Å². The molecule has 1 amide bonds. The van der Waals surface area contributed by atoms with Crippen molar-refractivity contribution in [3.8, 4) is 0 Å². The van der Waals surface area contributed by atoms with E-state index in [-0.39, 0.29) is 24.4 Å². The zero-order chi connectivity index (χ0) is 10.1. The van der Waals surface area contributed by atoms with E-state index < -0.39 is 6.17 Å². The van der Waals surface area contributed by atoms with Gasteiger partial charge in [-0.3, -0.25) is 4.79 Å². The highest BCUT2D eigenvalue weighted by atomic mass is 35.5. The molecular weight excluding hydrogens is 219 g/mol. The molecule has 2 N–H and O–H groups in total. The smallest absolute Gasteiger partial charge is 0.237 e. The number of carbonyl (C=O) groups excluding carboxylic acids is 1. The highest BCUT2D eigenvalue weighted by molar-refractivity contribution is 5.85. The third kappa shape index (κ3) is 3.05. The number of hydrogen-bond donors (Lipinski definition) is 2. The highest BCUT2D eigenvalue weighted by Crippen LogP contribution is 2.26. The molecule has 1 aliphatic heterocycles. The first kappa shape index (κ1) is 12.7. The summed E-state index contributed by atoms with van der Waals surface area (Å²) in [5.41, 5.74) is 0. The van der Waals surface area contributed by atoms with Gasteiger partial charge in [0.2, 0.25) is 5.91 Å². The number of amides is 1. The summed E-state index contributed by atoms with van der Waals surface area (Å²) in [5, 5.41) is 5.83. The molecule has 0 radical (unpaired) electrons. The molecule has 0 aromatic heterocycles. The Morgan fingerprint density at radius 3 is 2.53 bits per heavy atom. The maximum absolute atomic E-state index is 12.8. The van der Waals surface area contributed by atoms with Gasteiger partial charge in [-0.25, -0.2) is 4.39 Å². The summed E-state index contributed by atoms with van der Waals surface area (Å²) in [4.78, 5) is 11.6. The molecule has 88 valence electrons. The Hall–Kier alpha value is -0.350. The lowest BCUT2D eigenvalue weighted by molar-refractivity contribution is -0.124. The Morgan fingerprint density at radius 2 is 2.07 bits per heavy atom. The van der Waals surface area contributed by atoms with Gasteiger partial charge in [-0.15, -0.1) is 12.4 Å². The first-order valence-corrected chi connectivity index (χ1v) is 5.33. The summed E-state index contributed by atoms with van der Waals surface area (Å²) in [7, 11) is 0. The third-order valence-corrected chi connectivity index (χ3v) is 3.11. The van der Waals surface area contributed by atoms with Crippen LogP contribution in [0, 0.1) is 5.92 Å². The van der Waals surface area contributed by atoms with Gasteiger partial charge in [-0.2, -0.15) is 0 Å². The lowest BCUT2D eigenvalue weighted by Gasteiger charge is -2.33. The van der Waals surface area contributed by atoms with E-state index in [0.29, 0.717) is 19.0 Å². The van der Waals surface area contributed by atoms with E-state index in [0.717, 1.165) is 18.8 Å². The zero-order valence-corrected chi connectivity index (χ0v) is 9.65. The van der Waals surface area contributed by atoms with Gasteiger partial charge in [-0.05, 0) is 18.8 Å². The first-order chi connectivity index (χ1) is 6.65. The summed E-state index contributed by atoms with van der Waals surface area (Å²) in [6, 6.07) is 0.0267. The molecule has 0 aromatic carbocycles. The van der Waals surface area contributed by atoms with Crippen LogP contribution in [0.2, 0.25) is 0 Å². The summed E-state index contributed by atoms with van der Waals surface area (Å²) in [5.74, 6) is 0.702. The molecule has 1 aliphatic carbocycles. The molecule has 2 rings (SSSR count). The molecule has 15 heavy (non-hydrogen) atoms. The minimum Gasteiger partial charge on any atom is -0.352 e. The van der Waals surface area contributed by atoms with Crippen molar-refractivity contribution < 1.29 is 9.18 Å². The van der Waals surface area contributed by atoms with Crippen molar-refractivity contribution in [2.24, 2.45) is 5.92 Å². The van der Waals surface area contributed by atoms with Crippen LogP contribution in [0.1, 0.15) is 26.2 Å². The number of halogens is 2. The van der Waals surface area contributed by atoms with Crippen molar-refractivity contribution in [1.82, 2.24) is 10.6 Å². The van der Waals surface area contributed by atoms with Gasteiger partial charge >= 0.3 is 0 Å². The van der Waals surface area contributed by atoms with Gasteiger partial charge in [0.15, 0.2) is 0 Å². The molecule has 2 atom stereocenters. The number of nitrogens with one attached hydrogen (secondary N) is 2. The van der Waals surface area contributed by atoms with Gasteiger partial charge in [0.25, 0.3) is 0 Å². The van der Waals surface area contributed by atoms with Crippen LogP contribution in [0.4, 0.5) is 4.39 Å². The molecule has 2 fully saturated rings. The first-order valence-electron chi connectivity index (χ1n) is 5.33. The SMILES string of the molecule is CC1CC(NC(=O)[C@@H]2C[C@@H](F)CN2)C1.Cl. The van der Waals surface area contributed by atoms with Gasteiger partial charge in [0.1, 0.15) is 6.17 Å². The van der Waals surface area contributed by atoms with Crippen LogP contribution in [0.15, 0.2) is 0 Å². The lowest BCUT2D eigenvalue weighted by Crippen LogP contribution is -2.49. The Balaban J connectivity index is 0.00000112. The van der Waals surface area contributed by atoms with E-state index in [2.05, 4.69) is 17.6 Å². The molecule has 0 bridgehead atoms. The monoisotopic (exact) mass is 236 g/mol. The quantitative estimate of drug-likeness (QED) is 0.752. The fourth-order valence-corrected chi connectivity index (χ4v) is 2.21. The Bertz CT molecular complexity index is 233. The van der Waals surface area contributed by atoms with Gasteiger partial charge in [0.05, 0.1) is 6.04 Å². The van der Waals surface area contributed by atoms with E-state index in [1.165, 1.54) is 0 Å². The standard InChI is InChI=1S/C10H17FN2O.ClH/c1-6-2-8(3-6)13-10(14)9-4-7(11)5-12-9;/h6-9,12H,2-5H2,1H3,(H,13,14);1H/t6?,7-,8?,9+;/m1./s1. The summed E-state index contributed by atoms with van der Waals surface area (Å²) in [6.45, 7) is 2.49. The normalized spacial score (nSPS) is 39.1. The van der Waals surface area contributed by atoms with E-state index in [1.807, 2.05) is 0 Å². The van der Waals surface area contributed by atoms with Crippen molar-refractivity contribution >= 4 is 18.3 Å². The Labute approximate surface area is 95.6 Å². The molecule has 1 saturated heterocycles. The molecule has 5 heteroatoms. The zero-order valence-electron chi connectivity index (χ0n) is 8.83. The van der Waals surface area contributed by atoms with Crippen molar-refractivity contribution in [2.75, 3.05) is 6.54 Å². The molecular formula is C10H18ClFN2O. The maximum atomic E-state index is 12.8. The van der Waals surface area contributed by atoms with Crippen LogP contribution >= 0.6 is 12.4 Å². The second-order valence-electron chi connectivity index (χ2n) is 4.58. The second-order valence-corrected chi connectivity index (χ2v) is 4.58. The minimum absolute atomic E-state index is 0. The molecule has 0 unspecified atom stereocenters. The number of rotatable bonds is 2. The molecule has 3 nitrogen and oxygen atoms in total. The summed E-state index contributed by atoms with van der Waals surface area (Å²) < 4.78 is 12.8. The number of alkyl halides is 1. The van der Waals surface area contributed by atoms with Gasteiger partial charge in [0, 0.05) is 19.0 Å². The molecule has 0 aromatic rings. The van der Waals surface area contributed by atoms with Crippen LogP contribution in [-0.4, -0.2) is 30.7 Å². The second kappa shape index (κ2) is 5.12. The Kier molecular flexibility index (Phi) is 4.34. The van der Waals surface area contributed by atoms with Crippen LogP contribution < -0.4 is 10.6 Å². The van der Waals surface area contributed by atoms with E-state index in [1.54, 1.807) is 0 Å². The van der Waals surface area contributed by atoms with E-state index in [4.69, 9.17) is 0 Å². The van der Waals surface area contributed by atoms with Crippen molar-refractivity contribution in [1.29, 1.82) is 0 Å². The van der Waals surface area contributed by atoms with Crippen molar-refractivity contribution in [3.63, 3.8) is 0 Å². The number of carbonyl (C=O) groups is 1. The van der Waals surface area contributed by atoms with E-state index >= 15 is 0 Å². The van der Waals surface area contributed by atoms with Gasteiger partial charge in [-0.1, -0.05) is 6.92 Å². The lowest BCUT2D eigenvalue weighted by atomic mass is 9.82. The predicted octanol–water partition coefficient (Wildman–Crippen LogP) is 1.02. The van der Waals surface area contributed by atoms with Crippen LogP contribution in [0.3, 0.4) is 0 Å². The third-order valence-electron chi connectivity index (χ3n) is 3.11. The Morgan fingerprint density at radius 1 is 1.40 bits per heavy atom. The highest BCUT2D eigenvalue weighted by Gasteiger charge is 2.33. The van der Waals surface area contributed by atoms with Crippen molar-refractivity contribution in [3.05, 3.63) is 0 Å². The minimum atomic E-state index is -0.855. The van der Waals surface area contributed by atoms with E-state index in [9.17, 15) is 9.18 Å². The largest absolute Gasteiger partial charge is 0.352 e. The van der Waals surface area contributed by atoms with Crippen LogP contribution in [0.5, 0.6) is 0 Å².